The zero-order valence-electron chi connectivity index (χ0n) is 19.7. The van der Waals surface area contributed by atoms with E-state index in [9.17, 15) is 4.79 Å². The maximum Gasteiger partial charge on any atom is 0.271 e. The van der Waals surface area contributed by atoms with Crippen molar-refractivity contribution in [1.29, 1.82) is 0 Å². The molecule has 0 aliphatic heterocycles. The highest BCUT2D eigenvalue weighted by atomic mass is 35.5. The van der Waals surface area contributed by atoms with Gasteiger partial charge in [0.2, 0.25) is 0 Å². The third-order valence-corrected chi connectivity index (χ3v) is 6.57. The Hall–Kier alpha value is -3.74. The summed E-state index contributed by atoms with van der Waals surface area (Å²) in [5.74, 6) is 1.75. The molecule has 0 atom stereocenters. The molecule has 0 aliphatic carbocycles. The van der Waals surface area contributed by atoms with Gasteiger partial charge < -0.3 is 9.47 Å². The SMILES string of the molecule is COc1cc(/C=N\NC(=O)c2ccc(CSc3ccc(Cl)cc3)cc2)ccc1OCc1ccccc1. The van der Waals surface area contributed by atoms with Crippen LogP contribution in [0.3, 0.4) is 0 Å². The lowest BCUT2D eigenvalue weighted by atomic mass is 10.1. The van der Waals surface area contributed by atoms with Crippen LogP contribution in [0.25, 0.3) is 0 Å². The van der Waals surface area contributed by atoms with Crippen LogP contribution >= 0.6 is 23.4 Å². The average Bonchev–Trinajstić information content (AvgIpc) is 2.92. The predicted molar refractivity (Wildman–Crippen MR) is 146 cm³/mol. The molecule has 0 saturated heterocycles. The van der Waals surface area contributed by atoms with Gasteiger partial charge in [-0.15, -0.1) is 11.8 Å². The first kappa shape index (κ1) is 25.4. The monoisotopic (exact) mass is 516 g/mol. The number of hydrogen-bond donors (Lipinski definition) is 1. The number of hydrazone groups is 1. The van der Waals surface area contributed by atoms with Crippen LogP contribution in [0.5, 0.6) is 11.5 Å². The molecule has 4 aromatic rings. The number of amides is 1. The number of carbonyl (C=O) groups is 1. The van der Waals surface area contributed by atoms with Crippen LogP contribution in [-0.2, 0) is 12.4 Å². The lowest BCUT2D eigenvalue weighted by Gasteiger charge is -2.11. The van der Waals surface area contributed by atoms with Gasteiger partial charge in [0, 0.05) is 21.2 Å². The molecule has 0 aromatic heterocycles. The Balaban J connectivity index is 1.29. The normalized spacial score (nSPS) is 10.8. The van der Waals surface area contributed by atoms with Gasteiger partial charge in [0.25, 0.3) is 5.91 Å². The van der Waals surface area contributed by atoms with Crippen molar-refractivity contribution in [2.75, 3.05) is 7.11 Å². The summed E-state index contributed by atoms with van der Waals surface area (Å²) in [4.78, 5) is 13.6. The Kier molecular flexibility index (Phi) is 9.03. The number of halogens is 1. The fraction of sp³-hybridized carbons (Fsp3) is 0.103. The fourth-order valence-electron chi connectivity index (χ4n) is 3.30. The molecule has 5 nitrogen and oxygen atoms in total. The first-order chi connectivity index (χ1) is 17.6. The van der Waals surface area contributed by atoms with Crippen LogP contribution in [0.15, 0.2) is 107 Å². The highest BCUT2D eigenvalue weighted by Crippen LogP contribution is 2.28. The minimum atomic E-state index is -0.280. The highest BCUT2D eigenvalue weighted by Gasteiger charge is 2.07. The third-order valence-electron chi connectivity index (χ3n) is 5.24. The van der Waals surface area contributed by atoms with Crippen molar-refractivity contribution in [3.05, 3.63) is 124 Å². The van der Waals surface area contributed by atoms with Crippen molar-refractivity contribution >= 4 is 35.5 Å². The first-order valence-corrected chi connectivity index (χ1v) is 12.6. The molecule has 4 rings (SSSR count). The van der Waals surface area contributed by atoms with E-state index in [1.807, 2.05) is 84.9 Å². The van der Waals surface area contributed by atoms with Crippen LogP contribution in [0.2, 0.25) is 5.02 Å². The highest BCUT2D eigenvalue weighted by molar-refractivity contribution is 7.98. The van der Waals surface area contributed by atoms with E-state index < -0.39 is 0 Å². The van der Waals surface area contributed by atoms with Crippen LogP contribution in [0, 0.1) is 0 Å². The number of rotatable bonds is 10. The zero-order valence-corrected chi connectivity index (χ0v) is 21.3. The van der Waals surface area contributed by atoms with Crippen LogP contribution < -0.4 is 14.9 Å². The summed E-state index contributed by atoms with van der Waals surface area (Å²) in [7, 11) is 1.59. The molecule has 1 N–H and O–H groups in total. The van der Waals surface area contributed by atoms with E-state index in [4.69, 9.17) is 21.1 Å². The Morgan fingerprint density at radius 2 is 1.67 bits per heavy atom. The molecule has 0 heterocycles. The summed E-state index contributed by atoms with van der Waals surface area (Å²) >= 11 is 7.64. The Labute approximate surface area is 220 Å². The fourth-order valence-corrected chi connectivity index (χ4v) is 4.28. The molecule has 0 radical (unpaired) electrons. The second-order valence-corrected chi connectivity index (χ2v) is 9.31. The molecule has 36 heavy (non-hydrogen) atoms. The topological polar surface area (TPSA) is 59.9 Å². The molecule has 7 heteroatoms. The molecule has 1 amide bonds. The largest absolute Gasteiger partial charge is 0.493 e. The summed E-state index contributed by atoms with van der Waals surface area (Å²) in [6.45, 7) is 0.444. The summed E-state index contributed by atoms with van der Waals surface area (Å²) in [5, 5.41) is 4.81. The number of thioether (sulfide) groups is 1. The van der Waals surface area contributed by atoms with Crippen molar-refractivity contribution in [2.24, 2.45) is 5.10 Å². The maximum atomic E-state index is 12.5. The third kappa shape index (κ3) is 7.38. The van der Waals surface area contributed by atoms with E-state index in [1.165, 1.54) is 0 Å². The van der Waals surface area contributed by atoms with E-state index in [2.05, 4.69) is 10.5 Å². The van der Waals surface area contributed by atoms with E-state index in [0.29, 0.717) is 23.7 Å². The number of nitrogens with one attached hydrogen (secondary N) is 1. The van der Waals surface area contributed by atoms with Gasteiger partial charge in [-0.1, -0.05) is 54.1 Å². The van der Waals surface area contributed by atoms with Gasteiger partial charge in [-0.2, -0.15) is 5.10 Å². The van der Waals surface area contributed by atoms with Gasteiger partial charge in [0.15, 0.2) is 11.5 Å². The summed E-state index contributed by atoms with van der Waals surface area (Å²) < 4.78 is 11.3. The van der Waals surface area contributed by atoms with Gasteiger partial charge in [-0.25, -0.2) is 5.43 Å². The molecule has 182 valence electrons. The van der Waals surface area contributed by atoms with Gasteiger partial charge in [0.05, 0.1) is 13.3 Å². The van der Waals surface area contributed by atoms with Crippen molar-refractivity contribution in [1.82, 2.24) is 5.43 Å². The van der Waals surface area contributed by atoms with Gasteiger partial charge in [0.1, 0.15) is 6.61 Å². The Bertz CT molecular complexity index is 1310. The van der Waals surface area contributed by atoms with E-state index in [1.54, 1.807) is 37.2 Å². The van der Waals surface area contributed by atoms with Crippen molar-refractivity contribution in [3.8, 4) is 11.5 Å². The Morgan fingerprint density at radius 3 is 2.39 bits per heavy atom. The van der Waals surface area contributed by atoms with Crippen LogP contribution in [-0.4, -0.2) is 19.2 Å². The molecule has 4 aromatic carbocycles. The molecular formula is C29H25ClN2O3S. The molecule has 0 unspecified atom stereocenters. The second kappa shape index (κ2) is 12.8. The molecule has 0 bridgehead atoms. The summed E-state index contributed by atoms with van der Waals surface area (Å²) in [6.07, 6.45) is 1.57. The van der Waals surface area contributed by atoms with Gasteiger partial charge >= 0.3 is 0 Å². The van der Waals surface area contributed by atoms with Crippen LogP contribution in [0.4, 0.5) is 0 Å². The number of carbonyl (C=O) groups excluding carboxylic acids is 1. The summed E-state index contributed by atoms with van der Waals surface area (Å²) in [5.41, 5.74) is 6.07. The molecular weight excluding hydrogens is 492 g/mol. The quantitative estimate of drug-likeness (QED) is 0.140. The van der Waals surface area contributed by atoms with Crippen molar-refractivity contribution in [3.63, 3.8) is 0 Å². The Morgan fingerprint density at radius 1 is 0.917 bits per heavy atom. The van der Waals surface area contributed by atoms with E-state index in [0.717, 1.165) is 32.4 Å². The lowest BCUT2D eigenvalue weighted by Crippen LogP contribution is -2.17. The number of ether oxygens (including phenoxy) is 2. The molecule has 0 fully saturated rings. The summed E-state index contributed by atoms with van der Waals surface area (Å²) in [6, 6.07) is 30.6. The van der Waals surface area contributed by atoms with Gasteiger partial charge in [-0.3, -0.25) is 4.79 Å². The minimum Gasteiger partial charge on any atom is -0.493 e. The predicted octanol–water partition coefficient (Wildman–Crippen LogP) is 6.98. The number of nitrogens with zero attached hydrogens (tertiary/aromatic N) is 1. The standard InChI is InChI=1S/C29H25ClN2O3S/c1-34-28-17-23(9-16-27(28)35-19-21-5-3-2-4-6-21)18-31-32-29(33)24-10-7-22(8-11-24)20-36-26-14-12-25(30)13-15-26/h2-18H,19-20H2,1H3,(H,32,33)/b31-18-. The van der Waals surface area contributed by atoms with E-state index in [-0.39, 0.29) is 5.91 Å². The van der Waals surface area contributed by atoms with Crippen LogP contribution in [0.1, 0.15) is 27.0 Å². The average molecular weight is 517 g/mol. The molecule has 0 spiro atoms. The first-order valence-electron chi connectivity index (χ1n) is 11.3. The van der Waals surface area contributed by atoms with Crippen molar-refractivity contribution < 1.29 is 14.3 Å². The second-order valence-electron chi connectivity index (χ2n) is 7.82. The number of hydrogen-bond acceptors (Lipinski definition) is 5. The van der Waals surface area contributed by atoms with Gasteiger partial charge in [-0.05, 0) is 71.3 Å². The lowest BCUT2D eigenvalue weighted by molar-refractivity contribution is 0.0955. The molecule has 0 saturated carbocycles. The number of methoxy groups -OCH3 is 1. The van der Waals surface area contributed by atoms with E-state index >= 15 is 0 Å². The smallest absolute Gasteiger partial charge is 0.271 e. The molecule has 0 aliphatic rings. The minimum absolute atomic E-state index is 0.280. The number of benzene rings is 4. The zero-order chi connectivity index (χ0) is 25.2. The van der Waals surface area contributed by atoms with Crippen molar-refractivity contribution in [2.45, 2.75) is 17.3 Å². The maximum absolute atomic E-state index is 12.5.